The SMILES string of the molecule is Cc1cc(C(C)C)c(C)cn1. The van der Waals surface area contributed by atoms with Gasteiger partial charge in [-0.2, -0.15) is 0 Å². The molecule has 1 nitrogen and oxygen atoms in total. The maximum absolute atomic E-state index is 4.22. The van der Waals surface area contributed by atoms with Gasteiger partial charge in [0, 0.05) is 11.9 Å². The molecule has 0 aromatic carbocycles. The van der Waals surface area contributed by atoms with Crippen molar-refractivity contribution in [3.8, 4) is 0 Å². The van der Waals surface area contributed by atoms with Gasteiger partial charge in [-0.15, -0.1) is 0 Å². The highest BCUT2D eigenvalue weighted by Gasteiger charge is 2.02. The predicted molar refractivity (Wildman–Crippen MR) is 47.8 cm³/mol. The quantitative estimate of drug-likeness (QED) is 0.598. The molecular formula is C10H15N. The molecule has 0 aliphatic heterocycles. The van der Waals surface area contributed by atoms with Crippen LogP contribution in [0.25, 0.3) is 0 Å². The zero-order valence-electron chi connectivity index (χ0n) is 7.68. The molecule has 0 saturated carbocycles. The maximum Gasteiger partial charge on any atom is 0.0375 e. The summed E-state index contributed by atoms with van der Waals surface area (Å²) >= 11 is 0. The first-order chi connectivity index (χ1) is 5.11. The van der Waals surface area contributed by atoms with Crippen molar-refractivity contribution in [3.05, 3.63) is 29.1 Å². The van der Waals surface area contributed by atoms with Gasteiger partial charge in [0.2, 0.25) is 0 Å². The molecule has 60 valence electrons. The fourth-order valence-electron chi connectivity index (χ4n) is 1.27. The molecule has 1 rings (SSSR count). The molecule has 0 aliphatic carbocycles. The van der Waals surface area contributed by atoms with Crippen LogP contribution in [-0.2, 0) is 0 Å². The molecule has 1 heteroatoms. The Morgan fingerprint density at radius 1 is 1.27 bits per heavy atom. The number of pyridine rings is 1. The third-order valence-electron chi connectivity index (χ3n) is 1.90. The molecule has 11 heavy (non-hydrogen) atoms. The Bertz CT molecular complexity index is 251. The van der Waals surface area contributed by atoms with Crippen molar-refractivity contribution >= 4 is 0 Å². The normalized spacial score (nSPS) is 10.6. The largest absolute Gasteiger partial charge is 0.261 e. The van der Waals surface area contributed by atoms with Crippen molar-refractivity contribution in [2.75, 3.05) is 0 Å². The Labute approximate surface area is 68.5 Å². The van der Waals surface area contributed by atoms with Crippen LogP contribution >= 0.6 is 0 Å². The van der Waals surface area contributed by atoms with Gasteiger partial charge in [-0.25, -0.2) is 0 Å². The summed E-state index contributed by atoms with van der Waals surface area (Å²) in [6, 6.07) is 2.17. The highest BCUT2D eigenvalue weighted by Crippen LogP contribution is 2.18. The van der Waals surface area contributed by atoms with E-state index in [9.17, 15) is 0 Å². The van der Waals surface area contributed by atoms with E-state index in [1.807, 2.05) is 13.1 Å². The zero-order chi connectivity index (χ0) is 8.43. The number of rotatable bonds is 1. The molecule has 0 spiro atoms. The Kier molecular flexibility index (Phi) is 2.28. The maximum atomic E-state index is 4.22. The lowest BCUT2D eigenvalue weighted by Gasteiger charge is -2.08. The summed E-state index contributed by atoms with van der Waals surface area (Å²) in [5.41, 5.74) is 3.82. The van der Waals surface area contributed by atoms with E-state index in [-0.39, 0.29) is 0 Å². The molecule has 0 unspecified atom stereocenters. The summed E-state index contributed by atoms with van der Waals surface area (Å²) in [6.45, 7) is 8.57. The molecule has 1 aromatic heterocycles. The van der Waals surface area contributed by atoms with Gasteiger partial charge < -0.3 is 0 Å². The Balaban J connectivity index is 3.13. The molecule has 0 bridgehead atoms. The number of aromatic nitrogens is 1. The van der Waals surface area contributed by atoms with Gasteiger partial charge in [0.15, 0.2) is 0 Å². The first kappa shape index (κ1) is 8.25. The van der Waals surface area contributed by atoms with Crippen molar-refractivity contribution in [1.82, 2.24) is 4.98 Å². The third kappa shape index (κ3) is 1.79. The van der Waals surface area contributed by atoms with Gasteiger partial charge in [0.1, 0.15) is 0 Å². The van der Waals surface area contributed by atoms with E-state index in [2.05, 4.69) is 31.8 Å². The van der Waals surface area contributed by atoms with Gasteiger partial charge in [-0.3, -0.25) is 4.98 Å². The van der Waals surface area contributed by atoms with Gasteiger partial charge in [-0.1, -0.05) is 13.8 Å². The lowest BCUT2D eigenvalue weighted by Crippen LogP contribution is -1.94. The molecule has 0 N–H and O–H groups in total. The summed E-state index contributed by atoms with van der Waals surface area (Å²) in [6.07, 6.45) is 1.95. The van der Waals surface area contributed by atoms with Crippen LogP contribution in [0.5, 0.6) is 0 Å². The minimum atomic E-state index is 0.608. The summed E-state index contributed by atoms with van der Waals surface area (Å²) in [5, 5.41) is 0. The molecular weight excluding hydrogens is 134 g/mol. The van der Waals surface area contributed by atoms with E-state index in [1.165, 1.54) is 11.1 Å². The van der Waals surface area contributed by atoms with Crippen molar-refractivity contribution in [1.29, 1.82) is 0 Å². The predicted octanol–water partition coefficient (Wildman–Crippen LogP) is 2.82. The van der Waals surface area contributed by atoms with Crippen LogP contribution < -0.4 is 0 Å². The van der Waals surface area contributed by atoms with Crippen LogP contribution in [0.15, 0.2) is 12.3 Å². The smallest absolute Gasteiger partial charge is 0.0375 e. The van der Waals surface area contributed by atoms with Crippen LogP contribution in [-0.4, -0.2) is 4.98 Å². The third-order valence-corrected chi connectivity index (χ3v) is 1.90. The van der Waals surface area contributed by atoms with E-state index < -0.39 is 0 Å². The first-order valence-corrected chi connectivity index (χ1v) is 4.04. The van der Waals surface area contributed by atoms with Crippen LogP contribution in [0, 0.1) is 13.8 Å². The van der Waals surface area contributed by atoms with E-state index in [0.717, 1.165) is 5.69 Å². The minimum absolute atomic E-state index is 0.608. The molecule has 0 radical (unpaired) electrons. The second kappa shape index (κ2) is 3.04. The Morgan fingerprint density at radius 3 is 2.36 bits per heavy atom. The number of hydrogen-bond donors (Lipinski definition) is 0. The molecule has 0 saturated heterocycles. The monoisotopic (exact) mass is 149 g/mol. The summed E-state index contributed by atoms with van der Waals surface area (Å²) < 4.78 is 0. The highest BCUT2D eigenvalue weighted by molar-refractivity contribution is 5.27. The number of aryl methyl sites for hydroxylation is 2. The van der Waals surface area contributed by atoms with Crippen molar-refractivity contribution in [2.45, 2.75) is 33.6 Å². The second-order valence-corrected chi connectivity index (χ2v) is 3.34. The molecule has 0 atom stereocenters. The van der Waals surface area contributed by atoms with E-state index >= 15 is 0 Å². The average molecular weight is 149 g/mol. The number of hydrogen-bond acceptors (Lipinski definition) is 1. The standard InChI is InChI=1S/C10H15N/c1-7(2)10-5-9(4)11-6-8(10)3/h5-7H,1-4H3. The molecule has 0 aliphatic rings. The van der Waals surface area contributed by atoms with Crippen molar-refractivity contribution in [3.63, 3.8) is 0 Å². The van der Waals surface area contributed by atoms with Gasteiger partial charge in [-0.05, 0) is 37.0 Å². The first-order valence-electron chi connectivity index (χ1n) is 4.04. The van der Waals surface area contributed by atoms with Crippen LogP contribution in [0.3, 0.4) is 0 Å². The van der Waals surface area contributed by atoms with E-state index in [4.69, 9.17) is 0 Å². The lowest BCUT2D eigenvalue weighted by atomic mass is 9.99. The molecule has 0 fully saturated rings. The van der Waals surface area contributed by atoms with Crippen molar-refractivity contribution in [2.24, 2.45) is 0 Å². The highest BCUT2D eigenvalue weighted by atomic mass is 14.7. The fraction of sp³-hybridized carbons (Fsp3) is 0.500. The average Bonchev–Trinajstić information content (AvgIpc) is 1.94. The molecule has 1 aromatic rings. The van der Waals surface area contributed by atoms with Crippen LogP contribution in [0.2, 0.25) is 0 Å². The Morgan fingerprint density at radius 2 is 1.91 bits per heavy atom. The number of nitrogens with zero attached hydrogens (tertiary/aromatic N) is 1. The topological polar surface area (TPSA) is 12.9 Å². The fourth-order valence-corrected chi connectivity index (χ4v) is 1.27. The minimum Gasteiger partial charge on any atom is -0.261 e. The summed E-state index contributed by atoms with van der Waals surface area (Å²) in [4.78, 5) is 4.22. The van der Waals surface area contributed by atoms with E-state index in [0.29, 0.717) is 5.92 Å². The van der Waals surface area contributed by atoms with Crippen molar-refractivity contribution < 1.29 is 0 Å². The van der Waals surface area contributed by atoms with Crippen LogP contribution in [0.1, 0.15) is 36.6 Å². The zero-order valence-corrected chi connectivity index (χ0v) is 7.68. The molecule has 1 heterocycles. The Hall–Kier alpha value is -0.850. The van der Waals surface area contributed by atoms with Crippen LogP contribution in [0.4, 0.5) is 0 Å². The summed E-state index contributed by atoms with van der Waals surface area (Å²) in [5.74, 6) is 0.608. The van der Waals surface area contributed by atoms with Gasteiger partial charge in [0.05, 0.1) is 0 Å². The van der Waals surface area contributed by atoms with E-state index in [1.54, 1.807) is 0 Å². The second-order valence-electron chi connectivity index (χ2n) is 3.34. The molecule has 0 amide bonds. The summed E-state index contributed by atoms with van der Waals surface area (Å²) in [7, 11) is 0. The lowest BCUT2D eigenvalue weighted by molar-refractivity contribution is 0.847. The van der Waals surface area contributed by atoms with Gasteiger partial charge >= 0.3 is 0 Å². The van der Waals surface area contributed by atoms with Gasteiger partial charge in [0.25, 0.3) is 0 Å².